The minimum atomic E-state index is -0.448. The molecule has 114 valence electrons. The Balaban J connectivity index is 1.91. The van der Waals surface area contributed by atoms with Gasteiger partial charge in [-0.1, -0.05) is 66.4 Å². The number of carbonyl (C=O) groups is 1. The van der Waals surface area contributed by atoms with Crippen molar-refractivity contribution in [1.29, 1.82) is 0 Å². The van der Waals surface area contributed by atoms with Gasteiger partial charge in [0.2, 0.25) is 5.91 Å². The van der Waals surface area contributed by atoms with Gasteiger partial charge in [-0.2, -0.15) is 0 Å². The van der Waals surface area contributed by atoms with Crippen molar-refractivity contribution in [1.82, 2.24) is 0 Å². The van der Waals surface area contributed by atoms with Gasteiger partial charge in [-0.15, -0.1) is 0 Å². The first-order chi connectivity index (χ1) is 10.6. The number of rotatable bonds is 3. The largest absolute Gasteiger partial charge is 0.325 e. The van der Waals surface area contributed by atoms with Gasteiger partial charge in [0.1, 0.15) is 0 Å². The number of nitrogens with one attached hydrogen (secondary N) is 1. The highest BCUT2D eigenvalue weighted by molar-refractivity contribution is 6.35. The van der Waals surface area contributed by atoms with Crippen LogP contribution in [0.2, 0.25) is 10.0 Å². The second-order valence-electron chi connectivity index (χ2n) is 5.77. The third kappa shape index (κ3) is 2.99. The van der Waals surface area contributed by atoms with Crippen LogP contribution < -0.4 is 5.32 Å². The second-order valence-corrected chi connectivity index (χ2v) is 6.64. The van der Waals surface area contributed by atoms with E-state index in [0.29, 0.717) is 15.7 Å². The van der Waals surface area contributed by atoms with Crippen molar-refractivity contribution in [3.8, 4) is 0 Å². The zero-order valence-electron chi connectivity index (χ0n) is 12.1. The molecule has 0 spiro atoms. The molecule has 1 saturated carbocycles. The molecule has 0 bridgehead atoms. The molecule has 0 unspecified atom stereocenters. The molecule has 0 aromatic heterocycles. The molecule has 1 aliphatic rings. The topological polar surface area (TPSA) is 29.1 Å². The molecule has 0 aliphatic heterocycles. The summed E-state index contributed by atoms with van der Waals surface area (Å²) in [5.41, 5.74) is 1.28. The van der Waals surface area contributed by atoms with Crippen molar-refractivity contribution in [3.05, 3.63) is 64.1 Å². The Morgan fingerprint density at radius 2 is 1.55 bits per heavy atom. The zero-order chi connectivity index (χ0) is 15.6. The van der Waals surface area contributed by atoms with Crippen LogP contribution in [0.15, 0.2) is 48.5 Å². The molecule has 2 aromatic rings. The number of hydrogen-bond donors (Lipinski definition) is 1. The van der Waals surface area contributed by atoms with Crippen LogP contribution in [0.3, 0.4) is 0 Å². The van der Waals surface area contributed by atoms with E-state index in [2.05, 4.69) is 5.32 Å². The zero-order valence-corrected chi connectivity index (χ0v) is 13.6. The first-order valence-electron chi connectivity index (χ1n) is 7.43. The van der Waals surface area contributed by atoms with Gasteiger partial charge in [0.05, 0.1) is 5.41 Å². The highest BCUT2D eigenvalue weighted by atomic mass is 35.5. The van der Waals surface area contributed by atoms with Crippen LogP contribution in [0.5, 0.6) is 0 Å². The van der Waals surface area contributed by atoms with E-state index >= 15 is 0 Å². The molecule has 0 radical (unpaired) electrons. The molecule has 3 rings (SSSR count). The van der Waals surface area contributed by atoms with E-state index in [-0.39, 0.29) is 5.91 Å². The minimum Gasteiger partial charge on any atom is -0.325 e. The van der Waals surface area contributed by atoms with Crippen LogP contribution in [-0.2, 0) is 10.2 Å². The lowest BCUT2D eigenvalue weighted by Gasteiger charge is -2.28. The number of carbonyl (C=O) groups excluding carboxylic acids is 1. The number of amides is 1. The molecule has 1 amide bonds. The number of hydrogen-bond acceptors (Lipinski definition) is 1. The predicted molar refractivity (Wildman–Crippen MR) is 91.7 cm³/mol. The van der Waals surface area contributed by atoms with Gasteiger partial charge in [-0.05, 0) is 36.6 Å². The van der Waals surface area contributed by atoms with Crippen molar-refractivity contribution in [2.24, 2.45) is 0 Å². The van der Waals surface area contributed by atoms with Crippen LogP contribution in [-0.4, -0.2) is 5.91 Å². The lowest BCUT2D eigenvalue weighted by molar-refractivity contribution is -0.121. The SMILES string of the molecule is O=C(Nc1cc(Cl)cc(Cl)c1)C1(c2ccccc2)CCCC1. The fourth-order valence-electron chi connectivity index (χ4n) is 3.26. The lowest BCUT2D eigenvalue weighted by Crippen LogP contribution is -2.37. The summed E-state index contributed by atoms with van der Waals surface area (Å²) in [5.74, 6) is 0.0227. The Labute approximate surface area is 140 Å². The van der Waals surface area contributed by atoms with Crippen molar-refractivity contribution < 1.29 is 4.79 Å². The van der Waals surface area contributed by atoms with Gasteiger partial charge < -0.3 is 5.32 Å². The maximum atomic E-state index is 13.0. The summed E-state index contributed by atoms with van der Waals surface area (Å²) >= 11 is 12.0. The van der Waals surface area contributed by atoms with Crippen LogP contribution in [0, 0.1) is 0 Å². The van der Waals surface area contributed by atoms with Gasteiger partial charge in [0, 0.05) is 15.7 Å². The smallest absolute Gasteiger partial charge is 0.235 e. The van der Waals surface area contributed by atoms with E-state index in [1.807, 2.05) is 30.3 Å². The molecule has 2 nitrogen and oxygen atoms in total. The molecular formula is C18H17Cl2NO. The van der Waals surface area contributed by atoms with Gasteiger partial charge in [-0.3, -0.25) is 4.79 Å². The van der Waals surface area contributed by atoms with E-state index in [1.54, 1.807) is 18.2 Å². The summed E-state index contributed by atoms with van der Waals surface area (Å²) in [6.45, 7) is 0. The summed E-state index contributed by atoms with van der Waals surface area (Å²) in [5, 5.41) is 4.03. The predicted octanol–water partition coefficient (Wildman–Crippen LogP) is 5.44. The minimum absolute atomic E-state index is 0.0227. The van der Waals surface area contributed by atoms with Crippen LogP contribution in [0.4, 0.5) is 5.69 Å². The van der Waals surface area contributed by atoms with Crippen LogP contribution in [0.1, 0.15) is 31.2 Å². The highest BCUT2D eigenvalue weighted by Gasteiger charge is 2.42. The van der Waals surface area contributed by atoms with Crippen molar-refractivity contribution in [2.75, 3.05) is 5.32 Å². The molecule has 0 atom stereocenters. The number of benzene rings is 2. The third-order valence-electron chi connectivity index (χ3n) is 4.34. The van der Waals surface area contributed by atoms with Crippen molar-refractivity contribution in [3.63, 3.8) is 0 Å². The van der Waals surface area contributed by atoms with Gasteiger partial charge in [0.15, 0.2) is 0 Å². The summed E-state index contributed by atoms with van der Waals surface area (Å²) in [6, 6.07) is 15.1. The average Bonchev–Trinajstić information content (AvgIpc) is 2.98. The van der Waals surface area contributed by atoms with Crippen LogP contribution in [0.25, 0.3) is 0 Å². The molecule has 2 aromatic carbocycles. The molecule has 1 aliphatic carbocycles. The summed E-state index contributed by atoms with van der Waals surface area (Å²) in [6.07, 6.45) is 3.88. The van der Waals surface area contributed by atoms with E-state index < -0.39 is 5.41 Å². The summed E-state index contributed by atoms with van der Waals surface area (Å²) in [7, 11) is 0. The third-order valence-corrected chi connectivity index (χ3v) is 4.77. The Hall–Kier alpha value is -1.51. The fraction of sp³-hybridized carbons (Fsp3) is 0.278. The highest BCUT2D eigenvalue weighted by Crippen LogP contribution is 2.42. The molecule has 0 heterocycles. The first kappa shape index (κ1) is 15.4. The van der Waals surface area contributed by atoms with Gasteiger partial charge in [-0.25, -0.2) is 0 Å². The van der Waals surface area contributed by atoms with E-state index in [1.165, 1.54) is 0 Å². The molecule has 1 fully saturated rings. The monoisotopic (exact) mass is 333 g/mol. The summed E-state index contributed by atoms with van der Waals surface area (Å²) in [4.78, 5) is 13.0. The Bertz CT molecular complexity index is 658. The van der Waals surface area contributed by atoms with E-state index in [9.17, 15) is 4.79 Å². The standard InChI is InChI=1S/C18H17Cl2NO/c19-14-10-15(20)12-16(11-14)21-17(22)18(8-4-5-9-18)13-6-2-1-3-7-13/h1-3,6-7,10-12H,4-5,8-9H2,(H,21,22). The van der Waals surface area contributed by atoms with E-state index in [4.69, 9.17) is 23.2 Å². The number of anilines is 1. The normalized spacial score (nSPS) is 16.5. The molecule has 0 saturated heterocycles. The Morgan fingerprint density at radius 3 is 2.14 bits per heavy atom. The van der Waals surface area contributed by atoms with Gasteiger partial charge >= 0.3 is 0 Å². The Morgan fingerprint density at radius 1 is 0.955 bits per heavy atom. The Kier molecular flexibility index (Phi) is 4.42. The maximum absolute atomic E-state index is 13.0. The van der Waals surface area contributed by atoms with Gasteiger partial charge in [0.25, 0.3) is 0 Å². The van der Waals surface area contributed by atoms with Crippen molar-refractivity contribution >= 4 is 34.8 Å². The fourth-order valence-corrected chi connectivity index (χ4v) is 3.79. The molecular weight excluding hydrogens is 317 g/mol. The van der Waals surface area contributed by atoms with Crippen LogP contribution >= 0.6 is 23.2 Å². The quantitative estimate of drug-likeness (QED) is 0.795. The summed E-state index contributed by atoms with van der Waals surface area (Å²) < 4.78 is 0. The molecule has 4 heteroatoms. The second kappa shape index (κ2) is 6.31. The number of halogens is 2. The average molecular weight is 334 g/mol. The van der Waals surface area contributed by atoms with Crippen molar-refractivity contribution in [2.45, 2.75) is 31.1 Å². The van der Waals surface area contributed by atoms with E-state index in [0.717, 1.165) is 31.2 Å². The first-order valence-corrected chi connectivity index (χ1v) is 8.19. The maximum Gasteiger partial charge on any atom is 0.235 e. The lowest BCUT2D eigenvalue weighted by atomic mass is 9.78. The molecule has 22 heavy (non-hydrogen) atoms. The molecule has 1 N–H and O–H groups in total.